The number of hydrogen-bond donors (Lipinski definition) is 1. The molecule has 112 valence electrons. The summed E-state index contributed by atoms with van der Waals surface area (Å²) in [5, 5.41) is 0.654. The fourth-order valence-electron chi connectivity index (χ4n) is 3.02. The molecule has 4 heteroatoms. The second-order valence-corrected chi connectivity index (χ2v) is 5.97. The Balaban J connectivity index is 2.06. The van der Waals surface area contributed by atoms with Crippen molar-refractivity contribution in [2.75, 3.05) is 14.2 Å². The van der Waals surface area contributed by atoms with Gasteiger partial charge >= 0.3 is 0 Å². The minimum atomic E-state index is -0.0390. The first kappa shape index (κ1) is 15.5. The first-order chi connectivity index (χ1) is 9.65. The maximum absolute atomic E-state index is 6.31. The van der Waals surface area contributed by atoms with Crippen LogP contribution in [-0.4, -0.2) is 14.2 Å². The van der Waals surface area contributed by atoms with Gasteiger partial charge in [0, 0.05) is 17.1 Å². The molecule has 3 nitrogen and oxygen atoms in total. The maximum atomic E-state index is 6.31. The van der Waals surface area contributed by atoms with E-state index in [0.29, 0.717) is 16.5 Å². The minimum absolute atomic E-state index is 0.0390. The van der Waals surface area contributed by atoms with E-state index in [2.05, 4.69) is 0 Å². The molecule has 0 aliphatic heterocycles. The number of ether oxygens (including phenoxy) is 2. The molecular formula is C16H24ClNO2. The Labute approximate surface area is 126 Å². The molecule has 0 bridgehead atoms. The van der Waals surface area contributed by atoms with Gasteiger partial charge in [0.1, 0.15) is 0 Å². The van der Waals surface area contributed by atoms with Crippen molar-refractivity contribution in [3.05, 3.63) is 22.7 Å². The van der Waals surface area contributed by atoms with Crippen LogP contribution in [0.4, 0.5) is 0 Å². The van der Waals surface area contributed by atoms with Gasteiger partial charge in [-0.3, -0.25) is 0 Å². The number of methoxy groups -OCH3 is 2. The summed E-state index contributed by atoms with van der Waals surface area (Å²) < 4.78 is 10.6. The highest BCUT2D eigenvalue weighted by Gasteiger charge is 2.19. The minimum Gasteiger partial charge on any atom is -0.493 e. The lowest BCUT2D eigenvalue weighted by atomic mass is 9.95. The second-order valence-electron chi connectivity index (χ2n) is 5.56. The Morgan fingerprint density at radius 3 is 2.40 bits per heavy atom. The molecule has 1 aromatic rings. The zero-order valence-corrected chi connectivity index (χ0v) is 13.1. The molecule has 1 aliphatic rings. The molecule has 1 unspecified atom stereocenters. The first-order valence-corrected chi connectivity index (χ1v) is 7.70. The smallest absolute Gasteiger partial charge is 0.162 e. The summed E-state index contributed by atoms with van der Waals surface area (Å²) in [6, 6.07) is 3.65. The fraction of sp³-hybridized carbons (Fsp3) is 0.625. The highest BCUT2D eigenvalue weighted by molar-refractivity contribution is 6.31. The molecule has 0 radical (unpaired) electrons. The zero-order chi connectivity index (χ0) is 14.5. The van der Waals surface area contributed by atoms with Gasteiger partial charge in [0.15, 0.2) is 11.5 Å². The van der Waals surface area contributed by atoms with Crippen LogP contribution >= 0.6 is 11.6 Å². The van der Waals surface area contributed by atoms with Gasteiger partial charge in [0.2, 0.25) is 0 Å². The topological polar surface area (TPSA) is 44.5 Å². The molecule has 1 aromatic carbocycles. The fourth-order valence-corrected chi connectivity index (χ4v) is 3.32. The highest BCUT2D eigenvalue weighted by atomic mass is 35.5. The van der Waals surface area contributed by atoms with Crippen LogP contribution in [0.1, 0.15) is 50.1 Å². The van der Waals surface area contributed by atoms with Crippen molar-refractivity contribution >= 4 is 11.6 Å². The van der Waals surface area contributed by atoms with Crippen molar-refractivity contribution in [3.63, 3.8) is 0 Å². The third-order valence-electron chi connectivity index (χ3n) is 4.26. The largest absolute Gasteiger partial charge is 0.493 e. The first-order valence-electron chi connectivity index (χ1n) is 7.32. The van der Waals surface area contributed by atoms with Gasteiger partial charge in [-0.1, -0.05) is 37.3 Å². The Bertz CT molecular complexity index is 444. The average Bonchev–Trinajstić information content (AvgIpc) is 2.97. The van der Waals surface area contributed by atoms with Crippen molar-refractivity contribution in [1.82, 2.24) is 0 Å². The van der Waals surface area contributed by atoms with E-state index in [4.69, 9.17) is 26.8 Å². The number of hydrogen-bond acceptors (Lipinski definition) is 3. The van der Waals surface area contributed by atoms with Crippen LogP contribution in [0.15, 0.2) is 12.1 Å². The molecule has 20 heavy (non-hydrogen) atoms. The van der Waals surface area contributed by atoms with Crippen LogP contribution < -0.4 is 15.2 Å². The molecule has 0 aromatic heterocycles. The molecule has 0 amide bonds. The van der Waals surface area contributed by atoms with Crippen molar-refractivity contribution in [2.24, 2.45) is 11.7 Å². The lowest BCUT2D eigenvalue weighted by Gasteiger charge is -2.18. The Morgan fingerprint density at radius 1 is 1.20 bits per heavy atom. The second kappa shape index (κ2) is 7.19. The monoisotopic (exact) mass is 297 g/mol. The number of rotatable bonds is 6. The summed E-state index contributed by atoms with van der Waals surface area (Å²) in [6.07, 6.45) is 7.61. The van der Waals surface area contributed by atoms with Crippen molar-refractivity contribution in [1.29, 1.82) is 0 Å². The predicted molar refractivity (Wildman–Crippen MR) is 82.7 cm³/mol. The molecule has 0 heterocycles. The summed E-state index contributed by atoms with van der Waals surface area (Å²) in [5.41, 5.74) is 7.25. The predicted octanol–water partition coefficient (Wildman–Crippen LogP) is 4.33. The van der Waals surface area contributed by atoms with Crippen molar-refractivity contribution in [2.45, 2.75) is 44.6 Å². The Hall–Kier alpha value is -0.930. The van der Waals surface area contributed by atoms with Crippen LogP contribution in [-0.2, 0) is 0 Å². The molecule has 0 saturated heterocycles. The van der Waals surface area contributed by atoms with E-state index in [-0.39, 0.29) is 6.04 Å². The number of benzene rings is 1. The zero-order valence-electron chi connectivity index (χ0n) is 12.3. The van der Waals surface area contributed by atoms with E-state index >= 15 is 0 Å². The lowest BCUT2D eigenvalue weighted by Crippen LogP contribution is -2.12. The van der Waals surface area contributed by atoms with Crippen molar-refractivity contribution < 1.29 is 9.47 Å². The molecule has 0 spiro atoms. The molecule has 1 saturated carbocycles. The van der Waals surface area contributed by atoms with Crippen LogP contribution in [0, 0.1) is 5.92 Å². The summed E-state index contributed by atoms with van der Waals surface area (Å²) >= 11 is 6.31. The van der Waals surface area contributed by atoms with Gasteiger partial charge < -0.3 is 15.2 Å². The molecule has 1 fully saturated rings. The summed E-state index contributed by atoms with van der Waals surface area (Å²) in [7, 11) is 3.23. The molecule has 2 N–H and O–H groups in total. The Morgan fingerprint density at radius 2 is 1.80 bits per heavy atom. The highest BCUT2D eigenvalue weighted by Crippen LogP contribution is 2.37. The van der Waals surface area contributed by atoms with Crippen LogP contribution in [0.3, 0.4) is 0 Å². The molecule has 1 aliphatic carbocycles. The third kappa shape index (κ3) is 3.58. The molecule has 2 rings (SSSR count). The van der Waals surface area contributed by atoms with Crippen LogP contribution in [0.2, 0.25) is 5.02 Å². The SMILES string of the molecule is COc1cc(Cl)c(C(N)CCC2CCCC2)cc1OC. The third-order valence-corrected chi connectivity index (χ3v) is 4.59. The standard InChI is InChI=1S/C16H24ClNO2/c1-19-15-9-12(13(17)10-16(15)20-2)14(18)8-7-11-5-3-4-6-11/h9-11,14H,3-8,18H2,1-2H3. The molecular weight excluding hydrogens is 274 g/mol. The van der Waals surface area contributed by atoms with Gasteiger partial charge in [-0.05, 0) is 30.4 Å². The van der Waals surface area contributed by atoms with E-state index in [9.17, 15) is 0 Å². The van der Waals surface area contributed by atoms with Crippen LogP contribution in [0.25, 0.3) is 0 Å². The normalized spacial score (nSPS) is 17.2. The number of halogens is 1. The summed E-state index contributed by atoms with van der Waals surface area (Å²) in [5.74, 6) is 2.17. The maximum Gasteiger partial charge on any atom is 0.162 e. The van der Waals surface area contributed by atoms with E-state index in [0.717, 1.165) is 17.9 Å². The van der Waals surface area contributed by atoms with E-state index in [1.54, 1.807) is 20.3 Å². The summed E-state index contributed by atoms with van der Waals surface area (Å²) in [6.45, 7) is 0. The summed E-state index contributed by atoms with van der Waals surface area (Å²) in [4.78, 5) is 0. The van der Waals surface area contributed by atoms with Gasteiger partial charge in [0.05, 0.1) is 14.2 Å². The van der Waals surface area contributed by atoms with Gasteiger partial charge in [-0.2, -0.15) is 0 Å². The molecule has 1 atom stereocenters. The quantitative estimate of drug-likeness (QED) is 0.850. The van der Waals surface area contributed by atoms with Gasteiger partial charge in [0.25, 0.3) is 0 Å². The number of nitrogens with two attached hydrogens (primary N) is 1. The average molecular weight is 298 g/mol. The van der Waals surface area contributed by atoms with Crippen molar-refractivity contribution in [3.8, 4) is 11.5 Å². The van der Waals surface area contributed by atoms with Gasteiger partial charge in [-0.25, -0.2) is 0 Å². The van der Waals surface area contributed by atoms with E-state index in [1.165, 1.54) is 32.1 Å². The Kier molecular flexibility index (Phi) is 5.55. The van der Waals surface area contributed by atoms with E-state index in [1.807, 2.05) is 6.07 Å². The van der Waals surface area contributed by atoms with Gasteiger partial charge in [-0.15, -0.1) is 0 Å². The van der Waals surface area contributed by atoms with E-state index < -0.39 is 0 Å². The lowest BCUT2D eigenvalue weighted by molar-refractivity contribution is 0.354. The van der Waals surface area contributed by atoms with Crippen LogP contribution in [0.5, 0.6) is 11.5 Å².